The molecule has 0 aliphatic heterocycles. The summed E-state index contributed by atoms with van der Waals surface area (Å²) in [5.74, 6) is -0.0196. The molecule has 2 heteroatoms. The minimum absolute atomic E-state index is 0.0196. The van der Waals surface area contributed by atoms with E-state index in [0.29, 0.717) is 19.3 Å². The SMILES string of the molecule is Cc1ccc(CC(=O)C2(O)CCCC2)cc1. The van der Waals surface area contributed by atoms with Crippen LogP contribution in [0.15, 0.2) is 24.3 Å². The Morgan fingerprint density at radius 1 is 1.25 bits per heavy atom. The molecule has 0 aromatic heterocycles. The van der Waals surface area contributed by atoms with E-state index in [-0.39, 0.29) is 5.78 Å². The molecule has 1 saturated carbocycles. The van der Waals surface area contributed by atoms with Crippen LogP contribution in [-0.2, 0) is 11.2 Å². The lowest BCUT2D eigenvalue weighted by atomic mass is 9.92. The van der Waals surface area contributed by atoms with Gasteiger partial charge in [-0.3, -0.25) is 4.79 Å². The molecule has 0 radical (unpaired) electrons. The van der Waals surface area contributed by atoms with Crippen molar-refractivity contribution in [3.63, 3.8) is 0 Å². The zero-order valence-corrected chi connectivity index (χ0v) is 9.70. The molecule has 0 bridgehead atoms. The zero-order chi connectivity index (χ0) is 11.6. The summed E-state index contributed by atoms with van der Waals surface area (Å²) in [6.45, 7) is 2.02. The monoisotopic (exact) mass is 218 g/mol. The fraction of sp³-hybridized carbons (Fsp3) is 0.500. The average molecular weight is 218 g/mol. The van der Waals surface area contributed by atoms with E-state index in [1.807, 2.05) is 31.2 Å². The first kappa shape index (κ1) is 11.3. The Morgan fingerprint density at radius 2 is 1.81 bits per heavy atom. The molecule has 1 fully saturated rings. The molecule has 0 saturated heterocycles. The normalized spacial score (nSPS) is 18.6. The maximum absolute atomic E-state index is 12.0. The lowest BCUT2D eigenvalue weighted by Gasteiger charge is -2.20. The fourth-order valence-electron chi connectivity index (χ4n) is 2.29. The number of carbonyl (C=O) groups is 1. The third kappa shape index (κ3) is 2.33. The Labute approximate surface area is 96.3 Å². The maximum atomic E-state index is 12.0. The highest BCUT2D eigenvalue weighted by Crippen LogP contribution is 2.31. The summed E-state index contributed by atoms with van der Waals surface area (Å²) in [6, 6.07) is 7.93. The fourth-order valence-corrected chi connectivity index (χ4v) is 2.29. The van der Waals surface area contributed by atoms with Gasteiger partial charge in [0.1, 0.15) is 5.60 Å². The van der Waals surface area contributed by atoms with Crippen LogP contribution in [-0.4, -0.2) is 16.5 Å². The molecule has 1 aromatic rings. The van der Waals surface area contributed by atoms with E-state index >= 15 is 0 Å². The van der Waals surface area contributed by atoms with Crippen molar-refractivity contribution in [2.75, 3.05) is 0 Å². The lowest BCUT2D eigenvalue weighted by molar-refractivity contribution is -0.136. The number of rotatable bonds is 3. The molecule has 1 aliphatic rings. The molecule has 86 valence electrons. The van der Waals surface area contributed by atoms with Crippen LogP contribution in [0.25, 0.3) is 0 Å². The van der Waals surface area contributed by atoms with Crippen molar-refractivity contribution in [3.8, 4) is 0 Å². The Hall–Kier alpha value is -1.15. The number of benzene rings is 1. The van der Waals surface area contributed by atoms with Gasteiger partial charge in [0.15, 0.2) is 5.78 Å². The van der Waals surface area contributed by atoms with Crippen molar-refractivity contribution < 1.29 is 9.90 Å². The van der Waals surface area contributed by atoms with E-state index in [1.165, 1.54) is 5.56 Å². The first-order valence-electron chi connectivity index (χ1n) is 5.91. The van der Waals surface area contributed by atoms with E-state index in [1.54, 1.807) is 0 Å². The first-order valence-corrected chi connectivity index (χ1v) is 5.91. The molecule has 2 nitrogen and oxygen atoms in total. The molecule has 2 rings (SSSR count). The zero-order valence-electron chi connectivity index (χ0n) is 9.70. The molecule has 0 amide bonds. The van der Waals surface area contributed by atoms with Gasteiger partial charge < -0.3 is 5.11 Å². The van der Waals surface area contributed by atoms with Gasteiger partial charge in [-0.15, -0.1) is 0 Å². The van der Waals surface area contributed by atoms with Gasteiger partial charge in [0.2, 0.25) is 0 Å². The van der Waals surface area contributed by atoms with E-state index < -0.39 is 5.60 Å². The van der Waals surface area contributed by atoms with E-state index in [4.69, 9.17) is 0 Å². The van der Waals surface area contributed by atoms with Gasteiger partial charge in [-0.25, -0.2) is 0 Å². The molecule has 0 unspecified atom stereocenters. The summed E-state index contributed by atoms with van der Waals surface area (Å²) in [5, 5.41) is 10.1. The Bertz CT molecular complexity index is 372. The molecular weight excluding hydrogens is 200 g/mol. The number of carbonyl (C=O) groups excluding carboxylic acids is 1. The van der Waals surface area contributed by atoms with Gasteiger partial charge in [0.25, 0.3) is 0 Å². The van der Waals surface area contributed by atoms with Gasteiger partial charge in [0, 0.05) is 6.42 Å². The van der Waals surface area contributed by atoms with Crippen molar-refractivity contribution in [3.05, 3.63) is 35.4 Å². The molecular formula is C14H18O2. The molecule has 16 heavy (non-hydrogen) atoms. The molecule has 0 heterocycles. The second-order valence-electron chi connectivity index (χ2n) is 4.82. The van der Waals surface area contributed by atoms with Gasteiger partial charge in [-0.2, -0.15) is 0 Å². The van der Waals surface area contributed by atoms with Crippen LogP contribution < -0.4 is 0 Å². The number of aryl methyl sites for hydroxylation is 1. The van der Waals surface area contributed by atoms with E-state index in [0.717, 1.165) is 18.4 Å². The predicted octanol–water partition coefficient (Wildman–Crippen LogP) is 2.41. The van der Waals surface area contributed by atoms with Gasteiger partial charge in [-0.1, -0.05) is 29.8 Å². The van der Waals surface area contributed by atoms with Gasteiger partial charge in [0.05, 0.1) is 0 Å². The third-order valence-corrected chi connectivity index (χ3v) is 3.44. The smallest absolute Gasteiger partial charge is 0.168 e. The topological polar surface area (TPSA) is 37.3 Å². The van der Waals surface area contributed by atoms with Gasteiger partial charge >= 0.3 is 0 Å². The minimum Gasteiger partial charge on any atom is -0.382 e. The molecule has 1 aliphatic carbocycles. The largest absolute Gasteiger partial charge is 0.382 e. The highest BCUT2D eigenvalue weighted by molar-refractivity contribution is 5.89. The van der Waals surface area contributed by atoms with Crippen molar-refractivity contribution in [1.82, 2.24) is 0 Å². The van der Waals surface area contributed by atoms with Crippen molar-refractivity contribution in [2.24, 2.45) is 0 Å². The third-order valence-electron chi connectivity index (χ3n) is 3.44. The van der Waals surface area contributed by atoms with Crippen molar-refractivity contribution in [1.29, 1.82) is 0 Å². The average Bonchev–Trinajstić information content (AvgIpc) is 2.70. The van der Waals surface area contributed by atoms with Crippen LogP contribution in [0.1, 0.15) is 36.8 Å². The summed E-state index contributed by atoms with van der Waals surface area (Å²) < 4.78 is 0. The quantitative estimate of drug-likeness (QED) is 0.846. The number of Topliss-reactive ketones (excluding diaryl/α,β-unsaturated/α-hetero) is 1. The van der Waals surface area contributed by atoms with Gasteiger partial charge in [-0.05, 0) is 38.2 Å². The Balaban J connectivity index is 2.04. The minimum atomic E-state index is -1.04. The van der Waals surface area contributed by atoms with Crippen LogP contribution in [0.4, 0.5) is 0 Å². The highest BCUT2D eigenvalue weighted by atomic mass is 16.3. The second kappa shape index (κ2) is 4.38. The maximum Gasteiger partial charge on any atom is 0.168 e. The predicted molar refractivity (Wildman–Crippen MR) is 63.3 cm³/mol. The summed E-state index contributed by atoms with van der Waals surface area (Å²) in [6.07, 6.45) is 3.57. The Morgan fingerprint density at radius 3 is 2.38 bits per heavy atom. The second-order valence-corrected chi connectivity index (χ2v) is 4.82. The van der Waals surface area contributed by atoms with Crippen LogP contribution in [0, 0.1) is 6.92 Å². The van der Waals surface area contributed by atoms with Crippen molar-refractivity contribution >= 4 is 5.78 Å². The van der Waals surface area contributed by atoms with E-state index in [2.05, 4.69) is 0 Å². The molecule has 1 N–H and O–H groups in total. The first-order chi connectivity index (χ1) is 7.60. The molecule has 0 atom stereocenters. The summed E-state index contributed by atoms with van der Waals surface area (Å²) in [4.78, 5) is 12.0. The number of hydrogen-bond donors (Lipinski definition) is 1. The van der Waals surface area contributed by atoms with Crippen LogP contribution in [0.2, 0.25) is 0 Å². The number of aliphatic hydroxyl groups is 1. The standard InChI is InChI=1S/C14H18O2/c1-11-4-6-12(7-5-11)10-13(15)14(16)8-2-3-9-14/h4-7,16H,2-3,8-10H2,1H3. The number of ketones is 1. The van der Waals surface area contributed by atoms with Crippen LogP contribution in [0.5, 0.6) is 0 Å². The number of hydrogen-bond acceptors (Lipinski definition) is 2. The Kier molecular flexibility index (Phi) is 3.10. The van der Waals surface area contributed by atoms with Crippen LogP contribution in [0.3, 0.4) is 0 Å². The summed E-state index contributed by atoms with van der Waals surface area (Å²) >= 11 is 0. The van der Waals surface area contributed by atoms with E-state index in [9.17, 15) is 9.90 Å². The summed E-state index contributed by atoms with van der Waals surface area (Å²) in [5.41, 5.74) is 1.15. The highest BCUT2D eigenvalue weighted by Gasteiger charge is 2.37. The van der Waals surface area contributed by atoms with Crippen molar-refractivity contribution in [2.45, 2.75) is 44.6 Å². The summed E-state index contributed by atoms with van der Waals surface area (Å²) in [7, 11) is 0. The molecule has 1 aromatic carbocycles. The lowest BCUT2D eigenvalue weighted by Crippen LogP contribution is -2.36. The molecule has 0 spiro atoms. The van der Waals surface area contributed by atoms with Crippen LogP contribution >= 0.6 is 0 Å².